The van der Waals surface area contributed by atoms with Gasteiger partial charge in [-0.25, -0.2) is 0 Å². The maximum atomic E-state index is 12.0. The standard InChI is InChI=1S/C21H26N2O4/c24-21(16-22-15-20-10-5-11-25-20)23-17-6-4-9-19(14-17)27-13-12-26-18-7-2-1-3-8-18/h1-4,6-9,14,20,22H,5,10-13,15-16H2,(H,23,24). The zero-order valence-corrected chi connectivity index (χ0v) is 15.4. The third-order valence-corrected chi connectivity index (χ3v) is 4.16. The number of rotatable bonds is 10. The Hall–Kier alpha value is -2.57. The van der Waals surface area contributed by atoms with Crippen LogP contribution < -0.4 is 20.1 Å². The zero-order valence-electron chi connectivity index (χ0n) is 15.4. The summed E-state index contributed by atoms with van der Waals surface area (Å²) < 4.78 is 16.8. The van der Waals surface area contributed by atoms with Gasteiger partial charge in [-0.1, -0.05) is 24.3 Å². The largest absolute Gasteiger partial charge is 0.490 e. The van der Waals surface area contributed by atoms with Gasteiger partial charge in [0.05, 0.1) is 12.6 Å². The number of hydrogen-bond acceptors (Lipinski definition) is 5. The number of ether oxygens (including phenoxy) is 3. The van der Waals surface area contributed by atoms with Gasteiger partial charge >= 0.3 is 0 Å². The fraction of sp³-hybridized carbons (Fsp3) is 0.381. The minimum atomic E-state index is -0.0856. The maximum absolute atomic E-state index is 12.0. The van der Waals surface area contributed by atoms with Crippen LogP contribution in [0.3, 0.4) is 0 Å². The van der Waals surface area contributed by atoms with Gasteiger partial charge in [-0.05, 0) is 37.1 Å². The summed E-state index contributed by atoms with van der Waals surface area (Å²) in [6.45, 7) is 2.67. The molecule has 1 aliphatic heterocycles. The summed E-state index contributed by atoms with van der Waals surface area (Å²) in [5.74, 6) is 1.42. The van der Waals surface area contributed by atoms with E-state index in [4.69, 9.17) is 14.2 Å². The van der Waals surface area contributed by atoms with Crippen LogP contribution in [0.1, 0.15) is 12.8 Å². The smallest absolute Gasteiger partial charge is 0.238 e. The molecule has 27 heavy (non-hydrogen) atoms. The number of anilines is 1. The third kappa shape index (κ3) is 6.92. The molecule has 0 radical (unpaired) electrons. The second-order valence-electron chi connectivity index (χ2n) is 6.35. The third-order valence-electron chi connectivity index (χ3n) is 4.16. The van der Waals surface area contributed by atoms with E-state index in [0.29, 0.717) is 31.2 Å². The molecule has 6 heteroatoms. The molecule has 1 heterocycles. The van der Waals surface area contributed by atoms with Crippen LogP contribution in [0.5, 0.6) is 11.5 Å². The van der Waals surface area contributed by atoms with Gasteiger partial charge in [-0.15, -0.1) is 0 Å². The molecule has 1 unspecified atom stereocenters. The van der Waals surface area contributed by atoms with E-state index in [2.05, 4.69) is 10.6 Å². The van der Waals surface area contributed by atoms with E-state index in [1.165, 1.54) is 0 Å². The molecule has 2 aromatic rings. The van der Waals surface area contributed by atoms with Crippen LogP contribution >= 0.6 is 0 Å². The number of nitrogens with one attached hydrogen (secondary N) is 2. The van der Waals surface area contributed by atoms with Gasteiger partial charge in [-0.3, -0.25) is 4.79 Å². The Kier molecular flexibility index (Phi) is 7.50. The summed E-state index contributed by atoms with van der Waals surface area (Å²) in [5, 5.41) is 6.01. The molecule has 3 rings (SSSR count). The van der Waals surface area contributed by atoms with Crippen LogP contribution in [0, 0.1) is 0 Å². The van der Waals surface area contributed by atoms with Crippen molar-refractivity contribution in [3.63, 3.8) is 0 Å². The van der Waals surface area contributed by atoms with E-state index in [-0.39, 0.29) is 18.6 Å². The molecule has 0 spiro atoms. The fourth-order valence-corrected chi connectivity index (χ4v) is 2.86. The lowest BCUT2D eigenvalue weighted by atomic mass is 10.2. The number of para-hydroxylation sites is 1. The van der Waals surface area contributed by atoms with Crippen molar-refractivity contribution < 1.29 is 19.0 Å². The summed E-state index contributed by atoms with van der Waals surface area (Å²) in [7, 11) is 0. The van der Waals surface area contributed by atoms with Crippen LogP contribution in [0.4, 0.5) is 5.69 Å². The lowest BCUT2D eigenvalue weighted by Gasteiger charge is -2.12. The summed E-state index contributed by atoms with van der Waals surface area (Å²) in [6.07, 6.45) is 2.39. The van der Waals surface area contributed by atoms with Crippen molar-refractivity contribution in [1.29, 1.82) is 0 Å². The number of benzene rings is 2. The highest BCUT2D eigenvalue weighted by atomic mass is 16.5. The molecule has 2 N–H and O–H groups in total. The Morgan fingerprint density at radius 3 is 2.59 bits per heavy atom. The van der Waals surface area contributed by atoms with Gasteiger partial charge in [-0.2, -0.15) is 0 Å². The van der Waals surface area contributed by atoms with Crippen molar-refractivity contribution in [2.75, 3.05) is 38.2 Å². The average Bonchev–Trinajstić information content (AvgIpc) is 3.20. The first kappa shape index (κ1) is 19.2. The molecular weight excluding hydrogens is 344 g/mol. The summed E-state index contributed by atoms with van der Waals surface area (Å²) in [5.41, 5.74) is 0.709. The number of carbonyl (C=O) groups excluding carboxylic acids is 1. The number of hydrogen-bond donors (Lipinski definition) is 2. The topological polar surface area (TPSA) is 68.8 Å². The predicted octanol–water partition coefficient (Wildman–Crippen LogP) is 2.85. The van der Waals surface area contributed by atoms with Crippen molar-refractivity contribution in [3.05, 3.63) is 54.6 Å². The first-order valence-corrected chi connectivity index (χ1v) is 9.32. The second kappa shape index (κ2) is 10.5. The molecule has 1 saturated heterocycles. The van der Waals surface area contributed by atoms with Crippen molar-refractivity contribution in [3.8, 4) is 11.5 Å². The molecule has 2 aromatic carbocycles. The average molecular weight is 370 g/mol. The zero-order chi connectivity index (χ0) is 18.7. The number of amides is 1. The van der Waals surface area contributed by atoms with Crippen LogP contribution in [-0.2, 0) is 9.53 Å². The van der Waals surface area contributed by atoms with Crippen molar-refractivity contribution >= 4 is 11.6 Å². The van der Waals surface area contributed by atoms with Crippen LogP contribution in [0.15, 0.2) is 54.6 Å². The van der Waals surface area contributed by atoms with Gasteiger partial charge in [0.25, 0.3) is 0 Å². The Labute approximate surface area is 159 Å². The minimum Gasteiger partial charge on any atom is -0.490 e. The second-order valence-corrected chi connectivity index (χ2v) is 6.35. The van der Waals surface area contributed by atoms with Crippen LogP contribution in [0.25, 0.3) is 0 Å². The van der Waals surface area contributed by atoms with E-state index in [1.54, 1.807) is 6.07 Å². The highest BCUT2D eigenvalue weighted by Crippen LogP contribution is 2.17. The maximum Gasteiger partial charge on any atom is 0.238 e. The van der Waals surface area contributed by atoms with Crippen molar-refractivity contribution in [1.82, 2.24) is 5.32 Å². The summed E-state index contributed by atoms with van der Waals surface area (Å²) >= 11 is 0. The summed E-state index contributed by atoms with van der Waals surface area (Å²) in [4.78, 5) is 12.0. The monoisotopic (exact) mass is 370 g/mol. The van der Waals surface area contributed by atoms with Gasteiger partial charge in [0.15, 0.2) is 0 Å². The lowest BCUT2D eigenvalue weighted by Crippen LogP contribution is -2.33. The van der Waals surface area contributed by atoms with Crippen LogP contribution in [0.2, 0.25) is 0 Å². The molecule has 0 aromatic heterocycles. The predicted molar refractivity (Wildman–Crippen MR) is 104 cm³/mol. The Morgan fingerprint density at radius 2 is 1.81 bits per heavy atom. The quantitative estimate of drug-likeness (QED) is 0.630. The van der Waals surface area contributed by atoms with E-state index < -0.39 is 0 Å². The van der Waals surface area contributed by atoms with E-state index >= 15 is 0 Å². The van der Waals surface area contributed by atoms with Gasteiger partial charge in [0.2, 0.25) is 5.91 Å². The number of carbonyl (C=O) groups is 1. The van der Waals surface area contributed by atoms with Gasteiger partial charge in [0, 0.05) is 24.9 Å². The Balaban J connectivity index is 1.35. The molecule has 1 amide bonds. The Morgan fingerprint density at radius 1 is 1.04 bits per heavy atom. The minimum absolute atomic E-state index is 0.0856. The molecule has 0 aliphatic carbocycles. The van der Waals surface area contributed by atoms with Crippen molar-refractivity contribution in [2.24, 2.45) is 0 Å². The molecular formula is C21H26N2O4. The van der Waals surface area contributed by atoms with Gasteiger partial charge in [0.1, 0.15) is 24.7 Å². The molecule has 144 valence electrons. The molecule has 1 fully saturated rings. The van der Waals surface area contributed by atoms with Crippen LogP contribution in [-0.4, -0.2) is 44.9 Å². The van der Waals surface area contributed by atoms with Gasteiger partial charge < -0.3 is 24.8 Å². The molecule has 1 aliphatic rings. The van der Waals surface area contributed by atoms with E-state index in [9.17, 15) is 4.79 Å². The highest BCUT2D eigenvalue weighted by Gasteiger charge is 2.15. The molecule has 0 bridgehead atoms. The van der Waals surface area contributed by atoms with E-state index in [1.807, 2.05) is 48.5 Å². The fourth-order valence-electron chi connectivity index (χ4n) is 2.86. The lowest BCUT2D eigenvalue weighted by molar-refractivity contribution is -0.115. The van der Waals surface area contributed by atoms with Crippen molar-refractivity contribution in [2.45, 2.75) is 18.9 Å². The molecule has 1 atom stereocenters. The molecule has 6 nitrogen and oxygen atoms in total. The Bertz CT molecular complexity index is 702. The first-order chi connectivity index (χ1) is 13.3. The van der Waals surface area contributed by atoms with E-state index in [0.717, 1.165) is 25.2 Å². The first-order valence-electron chi connectivity index (χ1n) is 9.32. The molecule has 0 saturated carbocycles. The normalized spacial score (nSPS) is 16.1. The highest BCUT2D eigenvalue weighted by molar-refractivity contribution is 5.92. The SMILES string of the molecule is O=C(CNCC1CCCO1)Nc1cccc(OCCOc2ccccc2)c1. The summed E-state index contributed by atoms with van der Waals surface area (Å²) in [6, 6.07) is 17.0.